The molecule has 8 heteroatoms. The van der Waals surface area contributed by atoms with E-state index in [4.69, 9.17) is 5.11 Å². The molecule has 1 aliphatic heterocycles. The molecular formula is C9H11N3O3S2. The summed E-state index contributed by atoms with van der Waals surface area (Å²) >= 11 is 2.72. The van der Waals surface area contributed by atoms with Crippen LogP contribution in [0.2, 0.25) is 0 Å². The molecule has 2 rings (SSSR count). The molecule has 0 aromatic carbocycles. The van der Waals surface area contributed by atoms with E-state index in [9.17, 15) is 9.59 Å². The van der Waals surface area contributed by atoms with Crippen molar-refractivity contribution in [2.75, 3.05) is 18.1 Å². The summed E-state index contributed by atoms with van der Waals surface area (Å²) in [6, 6.07) is -0.235. The number of thioether (sulfide) groups is 1. The van der Waals surface area contributed by atoms with Crippen LogP contribution in [-0.4, -0.2) is 55.6 Å². The van der Waals surface area contributed by atoms with Gasteiger partial charge in [0, 0.05) is 18.1 Å². The van der Waals surface area contributed by atoms with Gasteiger partial charge in [-0.1, -0.05) is 4.49 Å². The fraction of sp³-hybridized carbons (Fsp3) is 0.556. The maximum atomic E-state index is 12.1. The summed E-state index contributed by atoms with van der Waals surface area (Å²) in [6.45, 7) is 0.583. The van der Waals surface area contributed by atoms with Crippen LogP contribution < -0.4 is 0 Å². The third kappa shape index (κ3) is 2.95. The number of carbonyl (C=O) groups excluding carboxylic acids is 1. The largest absolute Gasteiger partial charge is 0.481 e. The second-order valence-electron chi connectivity index (χ2n) is 3.61. The van der Waals surface area contributed by atoms with Crippen LogP contribution in [0.25, 0.3) is 0 Å². The molecule has 2 heterocycles. The lowest BCUT2D eigenvalue weighted by molar-refractivity contribution is -0.138. The molecule has 1 aliphatic rings. The Hall–Kier alpha value is -1.15. The van der Waals surface area contributed by atoms with E-state index in [1.807, 2.05) is 0 Å². The SMILES string of the molecule is O=C(O)CC1CSCCN1C(=O)c1cnns1. The van der Waals surface area contributed by atoms with Gasteiger partial charge in [0.2, 0.25) is 0 Å². The molecule has 1 aromatic rings. The number of aromatic nitrogens is 2. The van der Waals surface area contributed by atoms with Crippen LogP contribution in [0.5, 0.6) is 0 Å². The number of amides is 1. The highest BCUT2D eigenvalue weighted by Crippen LogP contribution is 2.21. The van der Waals surface area contributed by atoms with Crippen LogP contribution >= 0.6 is 23.3 Å². The second-order valence-corrected chi connectivity index (χ2v) is 5.54. The normalized spacial score (nSPS) is 20.2. The highest BCUT2D eigenvalue weighted by molar-refractivity contribution is 7.99. The molecule has 0 spiro atoms. The molecule has 1 fully saturated rings. The Labute approximate surface area is 106 Å². The molecule has 0 saturated carbocycles. The van der Waals surface area contributed by atoms with Crippen LogP contribution in [-0.2, 0) is 4.79 Å². The molecule has 1 unspecified atom stereocenters. The number of aliphatic carboxylic acids is 1. The summed E-state index contributed by atoms with van der Waals surface area (Å²) in [6.07, 6.45) is 1.41. The average molecular weight is 273 g/mol. The quantitative estimate of drug-likeness (QED) is 0.867. The predicted molar refractivity (Wildman–Crippen MR) is 64.3 cm³/mol. The van der Waals surface area contributed by atoms with Gasteiger partial charge >= 0.3 is 5.97 Å². The van der Waals surface area contributed by atoms with Crippen LogP contribution in [0.4, 0.5) is 0 Å². The van der Waals surface area contributed by atoms with Gasteiger partial charge in [-0.25, -0.2) is 0 Å². The number of hydrogen-bond donors (Lipinski definition) is 1. The van der Waals surface area contributed by atoms with E-state index in [1.165, 1.54) is 6.20 Å². The summed E-state index contributed by atoms with van der Waals surface area (Å²) in [5, 5.41) is 12.5. The lowest BCUT2D eigenvalue weighted by atomic mass is 10.2. The van der Waals surface area contributed by atoms with Gasteiger partial charge in [0.15, 0.2) is 0 Å². The van der Waals surface area contributed by atoms with Gasteiger partial charge in [-0.3, -0.25) is 9.59 Å². The Morgan fingerprint density at radius 3 is 3.06 bits per heavy atom. The predicted octanol–water partition coefficient (Wildman–Crippen LogP) is 0.570. The second kappa shape index (κ2) is 5.46. The number of nitrogens with zero attached hydrogens (tertiary/aromatic N) is 3. The van der Waals surface area contributed by atoms with E-state index in [0.717, 1.165) is 17.3 Å². The summed E-state index contributed by atoms with van der Waals surface area (Å²) in [7, 11) is 0. The van der Waals surface area contributed by atoms with E-state index in [-0.39, 0.29) is 18.4 Å². The molecule has 6 nitrogen and oxygen atoms in total. The molecular weight excluding hydrogens is 262 g/mol. The first-order valence-corrected chi connectivity index (χ1v) is 6.99. The van der Waals surface area contributed by atoms with Gasteiger partial charge in [0.25, 0.3) is 5.91 Å². The van der Waals surface area contributed by atoms with E-state index in [1.54, 1.807) is 16.7 Å². The summed E-state index contributed by atoms with van der Waals surface area (Å²) in [4.78, 5) is 24.9. The molecule has 1 amide bonds. The van der Waals surface area contributed by atoms with Crippen molar-refractivity contribution in [2.24, 2.45) is 0 Å². The van der Waals surface area contributed by atoms with Gasteiger partial charge in [-0.2, -0.15) is 11.8 Å². The average Bonchev–Trinajstić information content (AvgIpc) is 2.81. The van der Waals surface area contributed by atoms with Gasteiger partial charge < -0.3 is 10.0 Å². The first-order chi connectivity index (χ1) is 8.18. The van der Waals surface area contributed by atoms with Crippen molar-refractivity contribution in [1.82, 2.24) is 14.5 Å². The number of rotatable bonds is 3. The summed E-state index contributed by atoms with van der Waals surface area (Å²) in [5.74, 6) is 0.475. The maximum absolute atomic E-state index is 12.1. The molecule has 1 saturated heterocycles. The molecule has 0 radical (unpaired) electrons. The van der Waals surface area contributed by atoms with Gasteiger partial charge in [-0.05, 0) is 11.5 Å². The zero-order valence-electron chi connectivity index (χ0n) is 8.90. The van der Waals surface area contributed by atoms with Crippen LogP contribution in [0.1, 0.15) is 16.1 Å². The molecule has 17 heavy (non-hydrogen) atoms. The van der Waals surface area contributed by atoms with Crippen molar-refractivity contribution in [1.29, 1.82) is 0 Å². The first-order valence-electron chi connectivity index (χ1n) is 5.06. The Balaban J connectivity index is 2.10. The third-order valence-electron chi connectivity index (χ3n) is 2.47. The molecule has 92 valence electrons. The number of hydrogen-bond acceptors (Lipinski definition) is 6. The number of carbonyl (C=O) groups is 2. The van der Waals surface area contributed by atoms with Crippen LogP contribution in [0.15, 0.2) is 6.20 Å². The topological polar surface area (TPSA) is 83.4 Å². The molecule has 0 aliphatic carbocycles. The van der Waals surface area contributed by atoms with E-state index < -0.39 is 5.97 Å². The molecule has 1 N–H and O–H groups in total. The highest BCUT2D eigenvalue weighted by Gasteiger charge is 2.30. The Bertz CT molecular complexity index is 410. The lowest BCUT2D eigenvalue weighted by Crippen LogP contribution is -2.46. The van der Waals surface area contributed by atoms with Crippen molar-refractivity contribution >= 4 is 35.2 Å². The molecule has 1 aromatic heterocycles. The van der Waals surface area contributed by atoms with Gasteiger partial charge in [-0.15, -0.1) is 5.10 Å². The standard InChI is InChI=1S/C9H11N3O3S2/c13-8(14)3-6-5-16-2-1-12(6)9(15)7-4-10-11-17-7/h4,6H,1-3,5H2,(H,13,14). The van der Waals surface area contributed by atoms with Crippen molar-refractivity contribution in [3.8, 4) is 0 Å². The maximum Gasteiger partial charge on any atom is 0.305 e. The van der Waals surface area contributed by atoms with Crippen molar-refractivity contribution < 1.29 is 14.7 Å². The number of carboxylic acid groups (broad SMARTS) is 1. The minimum atomic E-state index is -0.877. The lowest BCUT2D eigenvalue weighted by Gasteiger charge is -2.34. The smallest absolute Gasteiger partial charge is 0.305 e. The van der Waals surface area contributed by atoms with Crippen LogP contribution in [0, 0.1) is 0 Å². The molecule has 1 atom stereocenters. The molecule has 0 bridgehead atoms. The van der Waals surface area contributed by atoms with E-state index >= 15 is 0 Å². The van der Waals surface area contributed by atoms with E-state index in [2.05, 4.69) is 9.59 Å². The zero-order chi connectivity index (χ0) is 12.3. The van der Waals surface area contributed by atoms with Crippen molar-refractivity contribution in [3.63, 3.8) is 0 Å². The van der Waals surface area contributed by atoms with E-state index in [0.29, 0.717) is 17.2 Å². The summed E-state index contributed by atoms with van der Waals surface area (Å²) < 4.78 is 3.65. The monoisotopic (exact) mass is 273 g/mol. The third-order valence-corrected chi connectivity index (χ3v) is 4.22. The minimum absolute atomic E-state index is 0.00896. The fourth-order valence-electron chi connectivity index (χ4n) is 1.70. The number of carboxylic acids is 1. The highest BCUT2D eigenvalue weighted by atomic mass is 32.2. The van der Waals surface area contributed by atoms with Gasteiger partial charge in [0.1, 0.15) is 4.88 Å². The van der Waals surface area contributed by atoms with Crippen molar-refractivity contribution in [3.05, 3.63) is 11.1 Å². The van der Waals surface area contributed by atoms with Gasteiger partial charge in [0.05, 0.1) is 18.7 Å². The Morgan fingerprint density at radius 2 is 2.41 bits per heavy atom. The first kappa shape index (κ1) is 12.3. The minimum Gasteiger partial charge on any atom is -0.481 e. The fourth-order valence-corrected chi connectivity index (χ4v) is 3.23. The van der Waals surface area contributed by atoms with Crippen molar-refractivity contribution in [2.45, 2.75) is 12.5 Å². The zero-order valence-corrected chi connectivity index (χ0v) is 10.5. The van der Waals surface area contributed by atoms with Crippen LogP contribution in [0.3, 0.4) is 0 Å². The Morgan fingerprint density at radius 1 is 1.59 bits per heavy atom. The Kier molecular flexibility index (Phi) is 3.95. The summed E-state index contributed by atoms with van der Waals surface area (Å²) in [5.41, 5.74) is 0.